The van der Waals surface area contributed by atoms with Crippen molar-refractivity contribution in [2.24, 2.45) is 0 Å². The first kappa shape index (κ1) is 11.3. The molecule has 1 nitrogen and oxygen atoms in total. The lowest BCUT2D eigenvalue weighted by molar-refractivity contribution is 1.01. The van der Waals surface area contributed by atoms with Crippen LogP contribution >= 0.6 is 11.8 Å². The van der Waals surface area contributed by atoms with E-state index in [1.54, 1.807) is 0 Å². The van der Waals surface area contributed by atoms with E-state index < -0.39 is 0 Å². The minimum atomic E-state index is 0.211. The van der Waals surface area contributed by atoms with E-state index in [9.17, 15) is 0 Å². The Bertz CT molecular complexity index is 610. The molecule has 1 heterocycles. The van der Waals surface area contributed by atoms with Crippen molar-refractivity contribution in [2.45, 2.75) is 10.3 Å². The van der Waals surface area contributed by atoms with Gasteiger partial charge in [0.15, 0.2) is 0 Å². The summed E-state index contributed by atoms with van der Waals surface area (Å²) in [5.74, 6) is 6.57. The molecular weight excluding hydrogens is 238 g/mol. The van der Waals surface area contributed by atoms with Crippen LogP contribution in [0.15, 0.2) is 59.5 Å². The molecule has 2 aromatic rings. The molecule has 2 heteroatoms. The number of anilines is 1. The van der Waals surface area contributed by atoms with Crippen molar-refractivity contribution in [3.8, 4) is 11.8 Å². The minimum Gasteiger partial charge on any atom is -0.351 e. The number of benzene rings is 2. The summed E-state index contributed by atoms with van der Waals surface area (Å²) in [4.78, 5) is 3.54. The highest BCUT2D eigenvalue weighted by molar-refractivity contribution is 8.00. The van der Waals surface area contributed by atoms with Gasteiger partial charge in [-0.25, -0.2) is 0 Å². The predicted molar refractivity (Wildman–Crippen MR) is 77.8 cm³/mol. The van der Waals surface area contributed by atoms with Crippen molar-refractivity contribution in [2.75, 3.05) is 11.9 Å². The smallest absolute Gasteiger partial charge is 0.142 e. The number of hydrogen-bond acceptors (Lipinski definition) is 2. The number of para-hydroxylation sites is 1. The second kappa shape index (κ2) is 4.80. The molecule has 88 valence electrons. The summed E-state index contributed by atoms with van der Waals surface area (Å²) in [5.41, 5.74) is 2.34. The molecule has 0 radical (unpaired) electrons. The van der Waals surface area contributed by atoms with Gasteiger partial charge in [0.25, 0.3) is 0 Å². The highest BCUT2D eigenvalue weighted by atomic mass is 32.2. The summed E-state index contributed by atoms with van der Waals surface area (Å²) in [6.45, 7) is 0. The monoisotopic (exact) mass is 251 g/mol. The minimum absolute atomic E-state index is 0.211. The van der Waals surface area contributed by atoms with Crippen molar-refractivity contribution >= 4 is 17.4 Å². The highest BCUT2D eigenvalue weighted by Gasteiger charge is 2.24. The van der Waals surface area contributed by atoms with Crippen LogP contribution in [0.2, 0.25) is 0 Å². The summed E-state index contributed by atoms with van der Waals surface area (Å²) in [6, 6.07) is 18.6. The lowest BCUT2D eigenvalue weighted by atomic mass is 10.2. The van der Waals surface area contributed by atoms with Crippen LogP contribution in [0, 0.1) is 11.8 Å². The largest absolute Gasteiger partial charge is 0.351 e. The van der Waals surface area contributed by atoms with E-state index in [1.165, 1.54) is 10.6 Å². The van der Waals surface area contributed by atoms with Gasteiger partial charge in [0.2, 0.25) is 0 Å². The molecule has 0 aliphatic carbocycles. The molecule has 0 N–H and O–H groups in total. The van der Waals surface area contributed by atoms with E-state index in [1.807, 2.05) is 42.1 Å². The molecule has 1 atom stereocenters. The third-order valence-corrected chi connectivity index (χ3v) is 4.21. The van der Waals surface area contributed by atoms with E-state index in [2.05, 4.69) is 48.1 Å². The molecule has 2 aromatic carbocycles. The van der Waals surface area contributed by atoms with Gasteiger partial charge in [0.1, 0.15) is 5.37 Å². The third-order valence-electron chi connectivity index (χ3n) is 2.95. The topological polar surface area (TPSA) is 3.24 Å². The number of nitrogens with zero attached hydrogens (tertiary/aromatic N) is 1. The van der Waals surface area contributed by atoms with Crippen LogP contribution in [-0.2, 0) is 0 Å². The Kier molecular flexibility index (Phi) is 3.00. The number of rotatable bonds is 0. The molecule has 0 saturated carbocycles. The average Bonchev–Trinajstić information content (AvgIpc) is 2.75. The van der Waals surface area contributed by atoms with Crippen LogP contribution < -0.4 is 4.90 Å². The number of thioether (sulfide) groups is 1. The standard InChI is InChI=1S/C16H13NS/c1-17-14-9-5-6-10-15(14)18-16(17)12-11-13-7-3-2-4-8-13/h2-10,16H,1H3. The van der Waals surface area contributed by atoms with Gasteiger partial charge in [-0.15, -0.1) is 0 Å². The lowest BCUT2D eigenvalue weighted by Gasteiger charge is -2.16. The summed E-state index contributed by atoms with van der Waals surface area (Å²) in [7, 11) is 2.10. The fourth-order valence-corrected chi connectivity index (χ4v) is 3.09. The van der Waals surface area contributed by atoms with E-state index in [0.717, 1.165) is 5.56 Å². The van der Waals surface area contributed by atoms with Gasteiger partial charge in [0.05, 0.1) is 5.69 Å². The Balaban J connectivity index is 1.84. The normalized spacial score (nSPS) is 16.9. The van der Waals surface area contributed by atoms with Crippen molar-refractivity contribution in [1.82, 2.24) is 0 Å². The van der Waals surface area contributed by atoms with E-state index in [0.29, 0.717) is 0 Å². The van der Waals surface area contributed by atoms with Gasteiger partial charge in [-0.05, 0) is 24.3 Å². The first-order chi connectivity index (χ1) is 8.84. The molecule has 0 saturated heterocycles. The molecule has 0 bridgehead atoms. The van der Waals surface area contributed by atoms with Crippen molar-refractivity contribution in [3.05, 3.63) is 60.2 Å². The van der Waals surface area contributed by atoms with Gasteiger partial charge in [-0.3, -0.25) is 0 Å². The Morgan fingerprint density at radius 3 is 2.50 bits per heavy atom. The van der Waals surface area contributed by atoms with Crippen molar-refractivity contribution < 1.29 is 0 Å². The maximum Gasteiger partial charge on any atom is 0.142 e. The lowest BCUT2D eigenvalue weighted by Crippen LogP contribution is -2.22. The zero-order chi connectivity index (χ0) is 12.4. The van der Waals surface area contributed by atoms with Gasteiger partial charge >= 0.3 is 0 Å². The summed E-state index contributed by atoms with van der Waals surface area (Å²) < 4.78 is 0. The molecule has 1 aliphatic rings. The third kappa shape index (κ3) is 2.10. The number of hydrogen-bond donors (Lipinski definition) is 0. The van der Waals surface area contributed by atoms with Gasteiger partial charge in [0, 0.05) is 17.5 Å². The van der Waals surface area contributed by atoms with Crippen molar-refractivity contribution in [3.63, 3.8) is 0 Å². The van der Waals surface area contributed by atoms with Crippen LogP contribution in [0.5, 0.6) is 0 Å². The first-order valence-corrected chi connectivity index (χ1v) is 6.78. The van der Waals surface area contributed by atoms with Crippen LogP contribution in [0.25, 0.3) is 0 Å². The Labute approximate surface area is 112 Å². The van der Waals surface area contributed by atoms with E-state index >= 15 is 0 Å². The van der Waals surface area contributed by atoms with Gasteiger partial charge in [-0.1, -0.05) is 53.9 Å². The van der Waals surface area contributed by atoms with Crippen LogP contribution in [0.3, 0.4) is 0 Å². The zero-order valence-electron chi connectivity index (χ0n) is 10.1. The molecule has 1 aliphatic heterocycles. The molecule has 0 aromatic heterocycles. The van der Waals surface area contributed by atoms with E-state index in [4.69, 9.17) is 0 Å². The maximum atomic E-state index is 3.33. The van der Waals surface area contributed by atoms with Crippen LogP contribution in [0.4, 0.5) is 5.69 Å². The average molecular weight is 251 g/mol. The van der Waals surface area contributed by atoms with E-state index in [-0.39, 0.29) is 5.37 Å². The van der Waals surface area contributed by atoms with Crippen molar-refractivity contribution in [1.29, 1.82) is 0 Å². The second-order valence-corrected chi connectivity index (χ2v) is 5.31. The maximum absolute atomic E-state index is 3.33. The molecule has 0 spiro atoms. The first-order valence-electron chi connectivity index (χ1n) is 5.90. The Morgan fingerprint density at radius 2 is 1.72 bits per heavy atom. The quantitative estimate of drug-likeness (QED) is 0.658. The molecular formula is C16H13NS. The predicted octanol–water partition coefficient (Wildman–Crippen LogP) is 3.61. The van der Waals surface area contributed by atoms with Gasteiger partial charge in [-0.2, -0.15) is 0 Å². The fraction of sp³-hybridized carbons (Fsp3) is 0.125. The Hall–Kier alpha value is -1.85. The highest BCUT2D eigenvalue weighted by Crippen LogP contribution is 2.41. The molecule has 0 fully saturated rings. The molecule has 3 rings (SSSR count). The Morgan fingerprint density at radius 1 is 1.00 bits per heavy atom. The fourth-order valence-electron chi connectivity index (χ4n) is 1.97. The zero-order valence-corrected chi connectivity index (χ0v) is 10.9. The molecule has 18 heavy (non-hydrogen) atoms. The van der Waals surface area contributed by atoms with Crippen LogP contribution in [0.1, 0.15) is 5.56 Å². The second-order valence-electron chi connectivity index (χ2n) is 4.18. The van der Waals surface area contributed by atoms with Gasteiger partial charge < -0.3 is 4.90 Å². The SMILES string of the molecule is CN1c2ccccc2SC1C#Cc1ccccc1. The molecule has 1 unspecified atom stereocenters. The van der Waals surface area contributed by atoms with Crippen LogP contribution in [-0.4, -0.2) is 12.4 Å². The summed E-state index contributed by atoms with van der Waals surface area (Å²) in [6.07, 6.45) is 0. The molecule has 0 amide bonds. The number of fused-ring (bicyclic) bond motifs is 1. The summed E-state index contributed by atoms with van der Waals surface area (Å²) >= 11 is 1.82. The summed E-state index contributed by atoms with van der Waals surface area (Å²) in [5, 5.41) is 0.211.